The smallest absolute Gasteiger partial charge is 0.278 e. The van der Waals surface area contributed by atoms with E-state index in [0.29, 0.717) is 6.04 Å². The molecule has 0 spiro atoms. The third-order valence-electron chi connectivity index (χ3n) is 4.64. The second kappa shape index (κ2) is 6.15. The molecule has 21 heavy (non-hydrogen) atoms. The van der Waals surface area contributed by atoms with E-state index in [4.69, 9.17) is 4.52 Å². The van der Waals surface area contributed by atoms with Gasteiger partial charge in [-0.05, 0) is 26.7 Å². The second-order valence-electron chi connectivity index (χ2n) is 6.52. The molecule has 116 valence electrons. The Balaban J connectivity index is 1.44. The first-order valence-electron chi connectivity index (χ1n) is 8.02. The molecule has 2 aliphatic rings. The maximum Gasteiger partial charge on any atom is 0.278 e. The Hall–Kier alpha value is -1.40. The van der Waals surface area contributed by atoms with Gasteiger partial charge in [0.25, 0.3) is 5.91 Å². The Kier molecular flexibility index (Phi) is 4.26. The summed E-state index contributed by atoms with van der Waals surface area (Å²) in [6.07, 6.45) is 2.31. The van der Waals surface area contributed by atoms with Crippen LogP contribution in [0.1, 0.15) is 31.2 Å². The third-order valence-corrected chi connectivity index (χ3v) is 4.64. The maximum absolute atomic E-state index is 12.1. The minimum atomic E-state index is 0.0708. The molecule has 1 atom stereocenters. The number of hydrogen-bond acceptors (Lipinski definition) is 3. The van der Waals surface area contributed by atoms with Crippen molar-refractivity contribution < 1.29 is 19.1 Å². The van der Waals surface area contributed by atoms with Gasteiger partial charge < -0.3 is 19.6 Å². The van der Waals surface area contributed by atoms with Crippen LogP contribution in [0.15, 0.2) is 10.6 Å². The minimum Gasteiger partial charge on any atom is -0.361 e. The van der Waals surface area contributed by atoms with Crippen molar-refractivity contribution in [3.63, 3.8) is 0 Å². The van der Waals surface area contributed by atoms with Crippen LogP contribution >= 0.6 is 0 Å². The predicted octanol–water partition coefficient (Wildman–Crippen LogP) is -2.07. The summed E-state index contributed by atoms with van der Waals surface area (Å²) in [7, 11) is 0. The molecule has 0 unspecified atom stereocenters. The second-order valence-corrected chi connectivity index (χ2v) is 6.52. The molecule has 0 bridgehead atoms. The van der Waals surface area contributed by atoms with Crippen LogP contribution in [0, 0.1) is 6.92 Å². The fourth-order valence-corrected chi connectivity index (χ4v) is 3.03. The molecule has 6 nitrogen and oxygen atoms in total. The van der Waals surface area contributed by atoms with E-state index in [1.54, 1.807) is 0 Å². The van der Waals surface area contributed by atoms with Gasteiger partial charge in [0.1, 0.15) is 44.2 Å². The topological polar surface area (TPSA) is 64.0 Å². The lowest BCUT2D eigenvalue weighted by Gasteiger charge is -2.32. The van der Waals surface area contributed by atoms with Crippen LogP contribution in [0.4, 0.5) is 0 Å². The zero-order chi connectivity index (χ0) is 14.8. The van der Waals surface area contributed by atoms with Crippen LogP contribution in [0.2, 0.25) is 0 Å². The van der Waals surface area contributed by atoms with Gasteiger partial charge in [0, 0.05) is 12.1 Å². The van der Waals surface area contributed by atoms with Gasteiger partial charge in [-0.15, -0.1) is 0 Å². The Morgan fingerprint density at radius 3 is 2.71 bits per heavy atom. The zero-order valence-electron chi connectivity index (χ0n) is 12.9. The molecule has 2 fully saturated rings. The Morgan fingerprint density at radius 2 is 2.14 bits per heavy atom. The van der Waals surface area contributed by atoms with Crippen LogP contribution < -0.4 is 15.1 Å². The number of carbonyl (C=O) groups excluding carboxylic acids is 1. The predicted molar refractivity (Wildman–Crippen MR) is 77.0 cm³/mol. The van der Waals surface area contributed by atoms with Crippen LogP contribution in [0.5, 0.6) is 0 Å². The summed E-state index contributed by atoms with van der Waals surface area (Å²) >= 11 is 0. The van der Waals surface area contributed by atoms with Crippen molar-refractivity contribution in [1.29, 1.82) is 0 Å². The first kappa shape index (κ1) is 14.5. The van der Waals surface area contributed by atoms with Gasteiger partial charge in [-0.2, -0.15) is 0 Å². The van der Waals surface area contributed by atoms with Crippen LogP contribution in [0.3, 0.4) is 0 Å². The van der Waals surface area contributed by atoms with Gasteiger partial charge in [-0.3, -0.25) is 4.79 Å². The molecule has 1 saturated heterocycles. The van der Waals surface area contributed by atoms with Gasteiger partial charge in [0.15, 0.2) is 6.04 Å². The summed E-state index contributed by atoms with van der Waals surface area (Å²) in [5.74, 6) is 1.10. The molecule has 1 aliphatic carbocycles. The van der Waals surface area contributed by atoms with Gasteiger partial charge >= 0.3 is 0 Å². The average molecular weight is 294 g/mol. The SMILES string of the molecule is Cc1cc(C[NH+]2CC[NH+]([C@H](C)C(=O)NC3CC3)CC2)no1. The number of carbonyl (C=O) groups is 1. The number of piperazine rings is 1. The third kappa shape index (κ3) is 3.83. The fraction of sp³-hybridized carbons (Fsp3) is 0.733. The van der Waals surface area contributed by atoms with Crippen molar-refractivity contribution in [2.24, 2.45) is 0 Å². The van der Waals surface area contributed by atoms with Gasteiger partial charge in [-0.25, -0.2) is 0 Å². The highest BCUT2D eigenvalue weighted by atomic mass is 16.5. The number of rotatable bonds is 5. The maximum atomic E-state index is 12.1. The molecule has 6 heteroatoms. The summed E-state index contributed by atoms with van der Waals surface area (Å²) in [6, 6.07) is 2.54. The molecule has 0 aromatic carbocycles. The molecule has 3 rings (SSSR count). The van der Waals surface area contributed by atoms with E-state index >= 15 is 0 Å². The molecule has 1 aromatic rings. The molecule has 3 N–H and O–H groups in total. The van der Waals surface area contributed by atoms with Crippen molar-refractivity contribution in [3.05, 3.63) is 17.5 Å². The summed E-state index contributed by atoms with van der Waals surface area (Å²) in [4.78, 5) is 15.0. The molecule has 0 radical (unpaired) electrons. The summed E-state index contributed by atoms with van der Waals surface area (Å²) in [5, 5.41) is 7.18. The first-order valence-corrected chi connectivity index (χ1v) is 8.02. The normalized spacial score (nSPS) is 27.3. The minimum absolute atomic E-state index is 0.0708. The number of nitrogens with zero attached hydrogens (tertiary/aromatic N) is 1. The lowest BCUT2D eigenvalue weighted by molar-refractivity contribution is -1.02. The Bertz CT molecular complexity index is 490. The number of nitrogens with one attached hydrogen (secondary N) is 3. The van der Waals surface area contributed by atoms with Crippen molar-refractivity contribution in [2.45, 2.75) is 45.3 Å². The summed E-state index contributed by atoms with van der Waals surface area (Å²) in [6.45, 7) is 9.17. The molecule has 1 aromatic heterocycles. The number of aryl methyl sites for hydroxylation is 1. The molecule has 1 aliphatic heterocycles. The highest BCUT2D eigenvalue weighted by Crippen LogP contribution is 2.18. The monoisotopic (exact) mass is 294 g/mol. The van der Waals surface area contributed by atoms with E-state index in [1.807, 2.05) is 13.0 Å². The van der Waals surface area contributed by atoms with E-state index < -0.39 is 0 Å². The van der Waals surface area contributed by atoms with Gasteiger partial charge in [0.05, 0.1) is 0 Å². The van der Waals surface area contributed by atoms with Crippen molar-refractivity contribution in [3.8, 4) is 0 Å². The van der Waals surface area contributed by atoms with Crippen LogP contribution in [-0.4, -0.2) is 49.3 Å². The number of quaternary nitrogens is 2. The molecule has 1 saturated carbocycles. The zero-order valence-corrected chi connectivity index (χ0v) is 12.9. The highest BCUT2D eigenvalue weighted by Gasteiger charge is 2.33. The summed E-state index contributed by atoms with van der Waals surface area (Å²) < 4.78 is 5.12. The summed E-state index contributed by atoms with van der Waals surface area (Å²) in [5.41, 5.74) is 1.03. The standard InChI is InChI=1S/C15H24N4O2/c1-11-9-14(17-21-11)10-18-5-7-19(8-6-18)12(2)15(20)16-13-3-4-13/h9,12-13H,3-8,10H2,1-2H3,(H,16,20)/p+2/t12-/m1/s1. The van der Waals surface area contributed by atoms with E-state index in [2.05, 4.69) is 17.4 Å². The van der Waals surface area contributed by atoms with E-state index in [1.165, 1.54) is 9.80 Å². The average Bonchev–Trinajstić information content (AvgIpc) is 3.20. The fourth-order valence-electron chi connectivity index (χ4n) is 3.03. The molecule has 2 heterocycles. The van der Waals surface area contributed by atoms with E-state index in [0.717, 1.165) is 57.0 Å². The van der Waals surface area contributed by atoms with E-state index in [9.17, 15) is 4.79 Å². The lowest BCUT2D eigenvalue weighted by atomic mass is 10.2. The number of amides is 1. The first-order chi connectivity index (χ1) is 10.1. The number of aromatic nitrogens is 1. The molecular formula is C15H26N4O2+2. The molecular weight excluding hydrogens is 268 g/mol. The Labute approximate surface area is 125 Å². The van der Waals surface area contributed by atoms with Crippen LogP contribution in [-0.2, 0) is 11.3 Å². The van der Waals surface area contributed by atoms with E-state index in [-0.39, 0.29) is 11.9 Å². The lowest BCUT2D eigenvalue weighted by Crippen LogP contribution is -3.29. The highest BCUT2D eigenvalue weighted by molar-refractivity contribution is 5.80. The van der Waals surface area contributed by atoms with Crippen molar-refractivity contribution >= 4 is 5.91 Å². The number of hydrogen-bond donors (Lipinski definition) is 3. The largest absolute Gasteiger partial charge is 0.361 e. The van der Waals surface area contributed by atoms with Crippen molar-refractivity contribution in [2.75, 3.05) is 26.2 Å². The van der Waals surface area contributed by atoms with Crippen LogP contribution in [0.25, 0.3) is 0 Å². The van der Waals surface area contributed by atoms with Gasteiger partial charge in [0.2, 0.25) is 0 Å². The Morgan fingerprint density at radius 1 is 1.43 bits per heavy atom. The van der Waals surface area contributed by atoms with Crippen molar-refractivity contribution in [1.82, 2.24) is 10.5 Å². The quantitative estimate of drug-likeness (QED) is 0.585. The van der Waals surface area contributed by atoms with Gasteiger partial charge in [-0.1, -0.05) is 5.16 Å². The molecule has 1 amide bonds.